The average molecular weight is 374 g/mol. The van der Waals surface area contributed by atoms with E-state index in [1.165, 1.54) is 4.31 Å². The second-order valence-corrected chi connectivity index (χ2v) is 8.41. The van der Waals surface area contributed by atoms with Crippen molar-refractivity contribution in [2.75, 3.05) is 17.4 Å². The third-order valence-electron chi connectivity index (χ3n) is 4.88. The van der Waals surface area contributed by atoms with Gasteiger partial charge in [0, 0.05) is 13.1 Å². The van der Waals surface area contributed by atoms with Crippen LogP contribution in [0.1, 0.15) is 23.1 Å². The number of benzene rings is 2. The van der Waals surface area contributed by atoms with Gasteiger partial charge in [-0.05, 0) is 48.1 Å². The third-order valence-corrected chi connectivity index (χ3v) is 6.41. The van der Waals surface area contributed by atoms with Gasteiger partial charge in [-0.2, -0.15) is 13.1 Å². The van der Waals surface area contributed by atoms with Crippen LogP contribution >= 0.6 is 0 Å². The number of nitrogens with zero attached hydrogens (tertiary/aromatic N) is 1. The summed E-state index contributed by atoms with van der Waals surface area (Å²) in [6.07, 6.45) is 1.65. The van der Waals surface area contributed by atoms with Gasteiger partial charge < -0.3 is 9.84 Å². The third kappa shape index (κ3) is 3.42. The number of hydrogen-bond donors (Lipinski definition) is 2. The highest BCUT2D eigenvalue weighted by Gasteiger charge is 2.31. The van der Waals surface area contributed by atoms with E-state index in [4.69, 9.17) is 4.74 Å². The lowest BCUT2D eigenvalue weighted by molar-refractivity contribution is 0.158. The fraction of sp³-hybridized carbons (Fsp3) is 0.368. The van der Waals surface area contributed by atoms with Crippen molar-refractivity contribution in [3.8, 4) is 5.75 Å². The first-order valence-electron chi connectivity index (χ1n) is 8.81. The molecule has 1 aliphatic heterocycles. The number of ether oxygens (including phenoxy) is 1. The molecule has 0 amide bonds. The van der Waals surface area contributed by atoms with Gasteiger partial charge in [-0.1, -0.05) is 30.3 Å². The minimum Gasteiger partial charge on any atom is -0.487 e. The van der Waals surface area contributed by atoms with E-state index in [0.29, 0.717) is 44.0 Å². The first-order valence-corrected chi connectivity index (χ1v) is 10.2. The predicted octanol–water partition coefficient (Wildman–Crippen LogP) is 1.77. The molecule has 7 heteroatoms. The van der Waals surface area contributed by atoms with Crippen LogP contribution in [0.5, 0.6) is 5.75 Å². The van der Waals surface area contributed by atoms with Crippen LogP contribution in [-0.4, -0.2) is 32.7 Å². The van der Waals surface area contributed by atoms with Crippen LogP contribution in [0, 0.1) is 0 Å². The summed E-state index contributed by atoms with van der Waals surface area (Å²) in [7, 11) is -3.53. The van der Waals surface area contributed by atoms with E-state index in [-0.39, 0.29) is 6.10 Å². The van der Waals surface area contributed by atoms with E-state index < -0.39 is 10.2 Å². The number of nitrogens with one attached hydrogen (secondary N) is 1. The highest BCUT2D eigenvalue weighted by atomic mass is 32.2. The molecule has 138 valence electrons. The molecule has 0 spiro atoms. The largest absolute Gasteiger partial charge is 0.487 e. The lowest BCUT2D eigenvalue weighted by Crippen LogP contribution is -2.30. The molecule has 6 nitrogen and oxygen atoms in total. The Labute approximate surface area is 153 Å². The number of rotatable bonds is 4. The number of aliphatic hydroxyl groups is 1. The Kier molecular flexibility index (Phi) is 4.60. The highest BCUT2D eigenvalue weighted by Crippen LogP contribution is 2.37. The van der Waals surface area contributed by atoms with E-state index >= 15 is 0 Å². The maximum Gasteiger partial charge on any atom is 0.301 e. The van der Waals surface area contributed by atoms with Crippen LogP contribution in [0.3, 0.4) is 0 Å². The minimum absolute atomic E-state index is 0.354. The smallest absolute Gasteiger partial charge is 0.301 e. The summed E-state index contributed by atoms with van der Waals surface area (Å²) in [5, 5.41) is 9.96. The Balaban J connectivity index is 1.71. The number of anilines is 1. The average Bonchev–Trinajstić information content (AvgIpc) is 2.99. The summed E-state index contributed by atoms with van der Waals surface area (Å²) in [4.78, 5) is 0. The van der Waals surface area contributed by atoms with Crippen molar-refractivity contribution >= 4 is 15.9 Å². The second-order valence-electron chi connectivity index (χ2n) is 6.73. The van der Waals surface area contributed by atoms with Crippen molar-refractivity contribution in [2.45, 2.75) is 32.0 Å². The van der Waals surface area contributed by atoms with Crippen LogP contribution in [0.15, 0.2) is 42.5 Å². The normalized spacial score (nSPS) is 21.4. The van der Waals surface area contributed by atoms with Crippen LogP contribution in [0.4, 0.5) is 5.69 Å². The molecule has 0 saturated carbocycles. The SMILES string of the molecule is O=S1(=O)NCCN1c1cc2c(cc1OCc1ccccc1)CC(O)CC2. The van der Waals surface area contributed by atoms with Crippen LogP contribution in [-0.2, 0) is 29.7 Å². The number of hydrogen-bond acceptors (Lipinski definition) is 4. The highest BCUT2D eigenvalue weighted by molar-refractivity contribution is 7.91. The molecule has 26 heavy (non-hydrogen) atoms. The molecule has 2 N–H and O–H groups in total. The Morgan fingerprint density at radius 3 is 2.73 bits per heavy atom. The molecule has 1 unspecified atom stereocenters. The number of fused-ring (bicyclic) bond motifs is 1. The summed E-state index contributed by atoms with van der Waals surface area (Å²) in [6, 6.07) is 13.6. The standard InChI is InChI=1S/C19H22N2O4S/c22-17-7-6-15-11-18(21-9-8-20-26(21,23)24)19(12-16(15)10-17)25-13-14-4-2-1-3-5-14/h1-5,11-12,17,20,22H,6-10,13H2. The van der Waals surface area contributed by atoms with Gasteiger partial charge in [-0.15, -0.1) is 0 Å². The summed E-state index contributed by atoms with van der Waals surface area (Å²) in [6.45, 7) is 1.12. The zero-order valence-corrected chi connectivity index (χ0v) is 15.2. The van der Waals surface area contributed by atoms with E-state index in [1.54, 1.807) is 0 Å². The van der Waals surface area contributed by atoms with E-state index in [0.717, 1.165) is 23.1 Å². The predicted molar refractivity (Wildman–Crippen MR) is 99.5 cm³/mol. The first-order chi connectivity index (χ1) is 12.5. The lowest BCUT2D eigenvalue weighted by Gasteiger charge is -2.26. The monoisotopic (exact) mass is 374 g/mol. The molecule has 1 aliphatic carbocycles. The van der Waals surface area contributed by atoms with Crippen molar-refractivity contribution < 1.29 is 18.3 Å². The molecule has 0 aromatic heterocycles. The van der Waals surface area contributed by atoms with Gasteiger partial charge in [0.2, 0.25) is 0 Å². The van der Waals surface area contributed by atoms with Gasteiger partial charge in [-0.25, -0.2) is 0 Å². The molecule has 1 heterocycles. The molecule has 1 atom stereocenters. The van der Waals surface area contributed by atoms with Gasteiger partial charge >= 0.3 is 10.2 Å². The zero-order valence-electron chi connectivity index (χ0n) is 14.4. The molecular formula is C19H22N2O4S. The summed E-state index contributed by atoms with van der Waals surface area (Å²) in [5.41, 5.74) is 3.69. The first kappa shape index (κ1) is 17.3. The fourth-order valence-corrected chi connectivity index (χ4v) is 4.76. The van der Waals surface area contributed by atoms with Crippen molar-refractivity contribution in [3.05, 3.63) is 59.2 Å². The van der Waals surface area contributed by atoms with Crippen molar-refractivity contribution in [3.63, 3.8) is 0 Å². The molecule has 2 aromatic rings. The molecule has 4 rings (SSSR count). The Morgan fingerprint density at radius 1 is 1.19 bits per heavy atom. The Bertz CT molecular complexity index is 899. The molecule has 0 bridgehead atoms. The van der Waals surface area contributed by atoms with E-state index in [1.807, 2.05) is 42.5 Å². The van der Waals surface area contributed by atoms with E-state index in [9.17, 15) is 13.5 Å². The summed E-state index contributed by atoms with van der Waals surface area (Å²) in [5.74, 6) is 0.536. The molecule has 2 aromatic carbocycles. The molecule has 1 saturated heterocycles. The Morgan fingerprint density at radius 2 is 2.00 bits per heavy atom. The van der Waals surface area contributed by atoms with Gasteiger partial charge in [0.1, 0.15) is 12.4 Å². The topological polar surface area (TPSA) is 78.9 Å². The van der Waals surface area contributed by atoms with Crippen LogP contribution in [0.25, 0.3) is 0 Å². The number of aryl methyl sites for hydroxylation is 1. The van der Waals surface area contributed by atoms with Crippen molar-refractivity contribution in [2.24, 2.45) is 0 Å². The lowest BCUT2D eigenvalue weighted by atomic mass is 9.89. The molecule has 0 radical (unpaired) electrons. The quantitative estimate of drug-likeness (QED) is 0.855. The molecular weight excluding hydrogens is 352 g/mol. The van der Waals surface area contributed by atoms with Gasteiger partial charge in [0.05, 0.1) is 11.8 Å². The zero-order chi connectivity index (χ0) is 18.1. The number of aliphatic hydroxyl groups excluding tert-OH is 1. The second kappa shape index (κ2) is 6.90. The maximum atomic E-state index is 12.3. The summed E-state index contributed by atoms with van der Waals surface area (Å²) < 4.78 is 34.6. The minimum atomic E-state index is -3.53. The fourth-order valence-electron chi connectivity index (χ4n) is 3.52. The van der Waals surface area contributed by atoms with Crippen LogP contribution < -0.4 is 13.8 Å². The van der Waals surface area contributed by atoms with E-state index in [2.05, 4.69) is 4.72 Å². The Hall–Kier alpha value is -2.09. The van der Waals surface area contributed by atoms with Crippen LogP contribution in [0.2, 0.25) is 0 Å². The molecule has 2 aliphatic rings. The van der Waals surface area contributed by atoms with Crippen molar-refractivity contribution in [1.82, 2.24) is 4.72 Å². The van der Waals surface area contributed by atoms with Gasteiger partial charge in [0.25, 0.3) is 0 Å². The van der Waals surface area contributed by atoms with Crippen molar-refractivity contribution in [1.29, 1.82) is 0 Å². The molecule has 1 fully saturated rings. The van der Waals surface area contributed by atoms with Gasteiger partial charge in [0.15, 0.2) is 0 Å². The van der Waals surface area contributed by atoms with Gasteiger partial charge in [-0.3, -0.25) is 4.31 Å². The summed E-state index contributed by atoms with van der Waals surface area (Å²) >= 11 is 0. The maximum absolute atomic E-state index is 12.3.